The number of benzene rings is 1. The molecule has 7 heteroatoms. The van der Waals surface area contributed by atoms with Crippen LogP contribution in [0.4, 0.5) is 0 Å². The second-order valence-electron chi connectivity index (χ2n) is 8.66. The molecular formula is C24H29N3O4. The molecule has 7 nitrogen and oxygen atoms in total. The molecule has 1 aromatic heterocycles. The van der Waals surface area contributed by atoms with E-state index in [-0.39, 0.29) is 17.6 Å². The Balaban J connectivity index is 1.09. The number of piperidine rings is 1. The van der Waals surface area contributed by atoms with Crippen LogP contribution in [0.15, 0.2) is 42.7 Å². The Morgan fingerprint density at radius 3 is 2.65 bits per heavy atom. The van der Waals surface area contributed by atoms with E-state index in [2.05, 4.69) is 27.3 Å². The van der Waals surface area contributed by atoms with Crippen molar-refractivity contribution in [1.29, 1.82) is 0 Å². The minimum Gasteiger partial charge on any atom is -0.486 e. The van der Waals surface area contributed by atoms with Gasteiger partial charge in [0.1, 0.15) is 13.2 Å². The molecule has 1 spiro atoms. The number of fused-ring (bicyclic) bond motifs is 1. The summed E-state index contributed by atoms with van der Waals surface area (Å²) in [6.45, 7) is 4.64. The average Bonchev–Trinajstić information content (AvgIpc) is 3.22. The molecule has 3 aliphatic heterocycles. The molecule has 5 rings (SSSR count). The number of nitrogens with zero attached hydrogens (tertiary/aromatic N) is 2. The second kappa shape index (κ2) is 8.85. The molecule has 0 aliphatic carbocycles. The van der Waals surface area contributed by atoms with Gasteiger partial charge in [0, 0.05) is 44.1 Å². The van der Waals surface area contributed by atoms with Crippen LogP contribution in [-0.2, 0) is 11.3 Å². The van der Waals surface area contributed by atoms with Gasteiger partial charge in [-0.3, -0.25) is 14.7 Å². The normalized spacial score (nSPS) is 22.4. The predicted molar refractivity (Wildman–Crippen MR) is 115 cm³/mol. The number of carbonyl (C=O) groups excluding carboxylic acids is 1. The molecule has 164 valence electrons. The van der Waals surface area contributed by atoms with Gasteiger partial charge in [0.25, 0.3) is 5.91 Å². The van der Waals surface area contributed by atoms with Gasteiger partial charge in [-0.2, -0.15) is 0 Å². The number of amides is 1. The average molecular weight is 424 g/mol. The molecule has 1 N–H and O–H groups in total. The van der Waals surface area contributed by atoms with E-state index in [4.69, 9.17) is 14.2 Å². The highest BCUT2D eigenvalue weighted by molar-refractivity contribution is 5.94. The third kappa shape index (κ3) is 4.67. The molecule has 1 aromatic carbocycles. The number of carbonyl (C=O) groups is 1. The van der Waals surface area contributed by atoms with Crippen LogP contribution in [0.5, 0.6) is 11.5 Å². The van der Waals surface area contributed by atoms with Crippen LogP contribution in [-0.4, -0.2) is 60.3 Å². The summed E-state index contributed by atoms with van der Waals surface area (Å²) in [7, 11) is 0. The molecular weight excluding hydrogens is 394 g/mol. The molecule has 4 heterocycles. The van der Waals surface area contributed by atoms with Crippen molar-refractivity contribution in [3.05, 3.63) is 53.9 Å². The number of pyridine rings is 1. The van der Waals surface area contributed by atoms with Crippen molar-refractivity contribution >= 4 is 5.91 Å². The zero-order chi connectivity index (χ0) is 21.1. The van der Waals surface area contributed by atoms with E-state index in [9.17, 15) is 4.79 Å². The number of nitrogens with one attached hydrogen (secondary N) is 1. The van der Waals surface area contributed by atoms with Crippen LogP contribution < -0.4 is 14.8 Å². The van der Waals surface area contributed by atoms with Gasteiger partial charge in [0.05, 0.1) is 11.7 Å². The maximum Gasteiger partial charge on any atom is 0.251 e. The molecule has 1 amide bonds. The van der Waals surface area contributed by atoms with Crippen LogP contribution in [0.3, 0.4) is 0 Å². The summed E-state index contributed by atoms with van der Waals surface area (Å²) in [6, 6.07) is 9.48. The molecule has 0 unspecified atom stereocenters. The summed E-state index contributed by atoms with van der Waals surface area (Å²) in [5.74, 6) is 1.22. The summed E-state index contributed by atoms with van der Waals surface area (Å²) in [6.07, 6.45) is 7.94. The van der Waals surface area contributed by atoms with E-state index < -0.39 is 0 Å². The van der Waals surface area contributed by atoms with Crippen LogP contribution in [0.1, 0.15) is 41.6 Å². The fraction of sp³-hybridized carbons (Fsp3) is 0.500. The van der Waals surface area contributed by atoms with Crippen molar-refractivity contribution in [3.8, 4) is 11.5 Å². The summed E-state index contributed by atoms with van der Waals surface area (Å²) < 4.78 is 17.6. The molecule has 0 radical (unpaired) electrons. The predicted octanol–water partition coefficient (Wildman–Crippen LogP) is 2.80. The molecule has 2 fully saturated rings. The molecule has 0 bridgehead atoms. The number of ether oxygens (including phenoxy) is 3. The first-order valence-corrected chi connectivity index (χ1v) is 11.2. The van der Waals surface area contributed by atoms with Crippen molar-refractivity contribution in [3.63, 3.8) is 0 Å². The third-order valence-corrected chi connectivity index (χ3v) is 6.56. The van der Waals surface area contributed by atoms with Gasteiger partial charge in [0.15, 0.2) is 11.5 Å². The Hall–Kier alpha value is -2.64. The highest BCUT2D eigenvalue weighted by Crippen LogP contribution is 2.39. The van der Waals surface area contributed by atoms with E-state index in [0.717, 1.165) is 45.3 Å². The van der Waals surface area contributed by atoms with Crippen molar-refractivity contribution in [2.24, 2.45) is 0 Å². The quantitative estimate of drug-likeness (QED) is 0.797. The lowest BCUT2D eigenvalue weighted by atomic mass is 9.88. The van der Waals surface area contributed by atoms with E-state index in [1.807, 2.05) is 12.4 Å². The highest BCUT2D eigenvalue weighted by Gasteiger charge is 2.42. The van der Waals surface area contributed by atoms with E-state index in [1.54, 1.807) is 18.2 Å². The SMILES string of the molecule is O=C(NC[C@@H]1CCC2(CCN(Cc3ccncc3)CC2)O1)c1ccc2c(c1)OCCO2. The summed E-state index contributed by atoms with van der Waals surface area (Å²) in [5, 5.41) is 3.03. The zero-order valence-electron chi connectivity index (χ0n) is 17.7. The zero-order valence-corrected chi connectivity index (χ0v) is 17.7. The van der Waals surface area contributed by atoms with Gasteiger partial charge in [-0.25, -0.2) is 0 Å². The van der Waals surface area contributed by atoms with E-state index in [0.29, 0.717) is 36.8 Å². The van der Waals surface area contributed by atoms with Gasteiger partial charge in [-0.15, -0.1) is 0 Å². The Labute approximate surface area is 182 Å². The minimum atomic E-state index is -0.103. The van der Waals surface area contributed by atoms with Crippen molar-refractivity contribution in [2.75, 3.05) is 32.8 Å². The Morgan fingerprint density at radius 2 is 1.84 bits per heavy atom. The lowest BCUT2D eigenvalue weighted by molar-refractivity contribution is -0.0764. The molecule has 31 heavy (non-hydrogen) atoms. The number of aromatic nitrogens is 1. The molecule has 1 atom stereocenters. The van der Waals surface area contributed by atoms with Gasteiger partial charge in [-0.05, 0) is 61.6 Å². The fourth-order valence-corrected chi connectivity index (χ4v) is 4.77. The van der Waals surface area contributed by atoms with Crippen LogP contribution >= 0.6 is 0 Å². The Morgan fingerprint density at radius 1 is 1.06 bits per heavy atom. The number of rotatable bonds is 5. The lowest BCUT2D eigenvalue weighted by Gasteiger charge is -2.39. The monoisotopic (exact) mass is 423 g/mol. The standard InChI is InChI=1S/C24H29N3O4/c28-23(19-1-2-21-22(15-19)30-14-13-29-21)26-16-20-3-6-24(31-20)7-11-27(12-8-24)17-18-4-9-25-10-5-18/h1-2,4-5,9-10,15,20H,3,6-8,11-14,16-17H2,(H,26,28)/t20-/m0/s1. The van der Waals surface area contributed by atoms with Gasteiger partial charge in [-0.1, -0.05) is 0 Å². The molecule has 0 saturated carbocycles. The topological polar surface area (TPSA) is 72.9 Å². The van der Waals surface area contributed by atoms with Crippen molar-refractivity contribution < 1.29 is 19.0 Å². The molecule has 3 aliphatic rings. The molecule has 2 aromatic rings. The Bertz CT molecular complexity index is 912. The largest absolute Gasteiger partial charge is 0.486 e. The maximum atomic E-state index is 12.6. The smallest absolute Gasteiger partial charge is 0.251 e. The lowest BCUT2D eigenvalue weighted by Crippen LogP contribution is -2.44. The Kier molecular flexibility index (Phi) is 5.78. The number of hydrogen-bond acceptors (Lipinski definition) is 6. The van der Waals surface area contributed by atoms with Crippen LogP contribution in [0, 0.1) is 0 Å². The van der Waals surface area contributed by atoms with Gasteiger partial charge >= 0.3 is 0 Å². The number of likely N-dealkylation sites (tertiary alicyclic amines) is 1. The first-order valence-electron chi connectivity index (χ1n) is 11.2. The van der Waals surface area contributed by atoms with Crippen molar-refractivity contribution in [2.45, 2.75) is 43.9 Å². The van der Waals surface area contributed by atoms with E-state index in [1.165, 1.54) is 5.56 Å². The third-order valence-electron chi connectivity index (χ3n) is 6.56. The maximum absolute atomic E-state index is 12.6. The minimum absolute atomic E-state index is 0.0267. The number of hydrogen-bond donors (Lipinski definition) is 1. The molecule has 2 saturated heterocycles. The summed E-state index contributed by atoms with van der Waals surface area (Å²) >= 11 is 0. The summed E-state index contributed by atoms with van der Waals surface area (Å²) in [5.41, 5.74) is 1.86. The first-order chi connectivity index (χ1) is 15.2. The van der Waals surface area contributed by atoms with E-state index >= 15 is 0 Å². The van der Waals surface area contributed by atoms with Crippen LogP contribution in [0.25, 0.3) is 0 Å². The van der Waals surface area contributed by atoms with Gasteiger partial charge in [0.2, 0.25) is 0 Å². The summed E-state index contributed by atoms with van der Waals surface area (Å²) in [4.78, 5) is 19.2. The first kappa shape index (κ1) is 20.3. The van der Waals surface area contributed by atoms with Crippen molar-refractivity contribution in [1.82, 2.24) is 15.2 Å². The van der Waals surface area contributed by atoms with Crippen LogP contribution in [0.2, 0.25) is 0 Å². The highest BCUT2D eigenvalue weighted by atomic mass is 16.6. The second-order valence-corrected chi connectivity index (χ2v) is 8.66. The fourth-order valence-electron chi connectivity index (χ4n) is 4.77. The van der Waals surface area contributed by atoms with Gasteiger partial charge < -0.3 is 19.5 Å².